The third-order valence-corrected chi connectivity index (χ3v) is 7.07. The third-order valence-electron chi connectivity index (χ3n) is 7.07. The Morgan fingerprint density at radius 3 is 2.57 bits per heavy atom. The second kappa shape index (κ2) is 8.34. The Kier molecular flexibility index (Phi) is 5.13. The molecule has 1 fully saturated rings. The molecule has 1 amide bonds. The monoisotopic (exact) mass is 465 g/mol. The van der Waals surface area contributed by atoms with Crippen molar-refractivity contribution in [2.75, 3.05) is 0 Å². The van der Waals surface area contributed by atoms with E-state index >= 15 is 0 Å². The van der Waals surface area contributed by atoms with Crippen LogP contribution >= 0.6 is 0 Å². The number of aromatic nitrogens is 4. The van der Waals surface area contributed by atoms with Gasteiger partial charge in [-0.1, -0.05) is 36.4 Å². The fourth-order valence-electron chi connectivity index (χ4n) is 5.44. The predicted molar refractivity (Wildman–Crippen MR) is 134 cm³/mol. The summed E-state index contributed by atoms with van der Waals surface area (Å²) in [6, 6.07) is 16.1. The van der Waals surface area contributed by atoms with Crippen molar-refractivity contribution in [3.8, 4) is 5.95 Å². The van der Waals surface area contributed by atoms with E-state index < -0.39 is 5.60 Å². The van der Waals surface area contributed by atoms with Crippen molar-refractivity contribution in [2.45, 2.75) is 50.8 Å². The molecule has 4 aromatic rings. The van der Waals surface area contributed by atoms with Gasteiger partial charge in [-0.25, -0.2) is 14.8 Å². The minimum absolute atomic E-state index is 0.0940. The van der Waals surface area contributed by atoms with E-state index in [2.05, 4.69) is 39.2 Å². The highest BCUT2D eigenvalue weighted by Gasteiger charge is 2.50. The SMILES string of the molecule is CC1(C)OC(=O)N([C@@H]2CC=C(c3cnc4ccn(-c5ncccn5)c4c3)CC2)C1c1ccccc1. The number of fused-ring (bicyclic) bond motifs is 1. The van der Waals surface area contributed by atoms with Gasteiger partial charge in [-0.3, -0.25) is 14.5 Å². The minimum atomic E-state index is -0.581. The molecule has 0 N–H and O–H groups in total. The van der Waals surface area contributed by atoms with Crippen LogP contribution in [0.5, 0.6) is 0 Å². The summed E-state index contributed by atoms with van der Waals surface area (Å²) in [5.41, 5.74) is 4.75. The predicted octanol–water partition coefficient (Wildman–Crippen LogP) is 5.72. The molecule has 35 heavy (non-hydrogen) atoms. The molecule has 4 heterocycles. The first-order valence-electron chi connectivity index (χ1n) is 12.0. The lowest BCUT2D eigenvalue weighted by molar-refractivity contribution is 0.0668. The smallest absolute Gasteiger partial charge is 0.411 e. The molecule has 0 bridgehead atoms. The zero-order valence-corrected chi connectivity index (χ0v) is 19.8. The van der Waals surface area contributed by atoms with Gasteiger partial charge in [0.05, 0.1) is 17.1 Å². The summed E-state index contributed by atoms with van der Waals surface area (Å²) >= 11 is 0. The standard InChI is InChI=1S/C28H27N5O2/c1-28(2)25(20-7-4-3-5-8-20)33(27(34)35-28)22-11-9-19(10-12-22)21-17-24-23(31-18-21)13-16-32(24)26-29-14-6-15-30-26/h3-9,13-18,22,25H,10-12H2,1-2H3/t22-,25?/m1/s1. The summed E-state index contributed by atoms with van der Waals surface area (Å²) in [7, 11) is 0. The molecule has 1 aromatic carbocycles. The van der Waals surface area contributed by atoms with Crippen LogP contribution in [-0.2, 0) is 4.74 Å². The molecule has 0 radical (unpaired) electrons. The first-order chi connectivity index (χ1) is 17.0. The van der Waals surface area contributed by atoms with E-state index in [0.717, 1.165) is 41.4 Å². The van der Waals surface area contributed by atoms with E-state index in [-0.39, 0.29) is 18.2 Å². The van der Waals surface area contributed by atoms with Crippen LogP contribution in [0.4, 0.5) is 4.79 Å². The number of hydrogen-bond acceptors (Lipinski definition) is 5. The maximum atomic E-state index is 13.0. The molecule has 3 aromatic heterocycles. The van der Waals surface area contributed by atoms with Gasteiger partial charge in [0.1, 0.15) is 5.60 Å². The molecular weight excluding hydrogens is 438 g/mol. The second-order valence-electron chi connectivity index (χ2n) is 9.71. The highest BCUT2D eigenvalue weighted by Crippen LogP contribution is 2.45. The van der Waals surface area contributed by atoms with Crippen molar-refractivity contribution < 1.29 is 9.53 Å². The Morgan fingerprint density at radius 1 is 1.03 bits per heavy atom. The number of carbonyl (C=O) groups is 1. The summed E-state index contributed by atoms with van der Waals surface area (Å²) in [5.74, 6) is 0.626. The number of benzene rings is 1. The highest BCUT2D eigenvalue weighted by molar-refractivity contribution is 5.82. The molecule has 1 aliphatic carbocycles. The third kappa shape index (κ3) is 3.77. The van der Waals surface area contributed by atoms with Crippen LogP contribution in [0.25, 0.3) is 22.6 Å². The van der Waals surface area contributed by atoms with E-state index in [4.69, 9.17) is 4.74 Å². The number of allylic oxidation sites excluding steroid dienone is 1. The van der Waals surface area contributed by atoms with Crippen molar-refractivity contribution in [1.82, 2.24) is 24.4 Å². The lowest BCUT2D eigenvalue weighted by Gasteiger charge is -2.36. The normalized spacial score (nSPS) is 21.7. The van der Waals surface area contributed by atoms with Crippen molar-refractivity contribution in [1.29, 1.82) is 0 Å². The van der Waals surface area contributed by atoms with E-state index in [1.54, 1.807) is 12.4 Å². The molecule has 0 spiro atoms. The van der Waals surface area contributed by atoms with Crippen molar-refractivity contribution in [2.24, 2.45) is 0 Å². The van der Waals surface area contributed by atoms with Crippen molar-refractivity contribution in [3.05, 3.63) is 90.5 Å². The Labute approximate surface area is 204 Å². The van der Waals surface area contributed by atoms with Gasteiger partial charge in [0, 0.05) is 30.8 Å². The number of rotatable bonds is 4. The zero-order chi connectivity index (χ0) is 24.0. The van der Waals surface area contributed by atoms with Gasteiger partial charge < -0.3 is 4.74 Å². The first-order valence-corrected chi connectivity index (χ1v) is 12.0. The zero-order valence-electron chi connectivity index (χ0n) is 19.8. The Hall–Kier alpha value is -4.00. The van der Waals surface area contributed by atoms with Gasteiger partial charge in [-0.05, 0) is 68.0 Å². The van der Waals surface area contributed by atoms with Crippen LogP contribution in [0.15, 0.2) is 79.4 Å². The van der Waals surface area contributed by atoms with Crippen LogP contribution in [0.3, 0.4) is 0 Å². The van der Waals surface area contributed by atoms with E-state index in [1.807, 2.05) is 66.0 Å². The van der Waals surface area contributed by atoms with Gasteiger partial charge in [0.25, 0.3) is 0 Å². The van der Waals surface area contributed by atoms with Crippen molar-refractivity contribution >= 4 is 22.7 Å². The molecule has 6 rings (SSSR count). The van der Waals surface area contributed by atoms with Crippen LogP contribution in [-0.4, -0.2) is 42.2 Å². The van der Waals surface area contributed by atoms with Crippen LogP contribution in [0.2, 0.25) is 0 Å². The molecule has 7 nitrogen and oxygen atoms in total. The van der Waals surface area contributed by atoms with Gasteiger partial charge >= 0.3 is 6.09 Å². The number of pyridine rings is 1. The van der Waals surface area contributed by atoms with Gasteiger partial charge in [0.2, 0.25) is 5.95 Å². The molecule has 2 aliphatic rings. The Balaban J connectivity index is 1.28. The lowest BCUT2D eigenvalue weighted by atomic mass is 9.86. The van der Waals surface area contributed by atoms with Crippen LogP contribution in [0, 0.1) is 0 Å². The average Bonchev–Trinajstić information content (AvgIpc) is 3.41. The molecule has 1 unspecified atom stereocenters. The van der Waals surface area contributed by atoms with Gasteiger partial charge in [-0.15, -0.1) is 0 Å². The Bertz CT molecular complexity index is 1410. The quantitative estimate of drug-likeness (QED) is 0.385. The number of amides is 1. The number of hydrogen-bond donors (Lipinski definition) is 0. The molecular formula is C28H27N5O2. The summed E-state index contributed by atoms with van der Waals surface area (Å²) in [6.45, 7) is 4.00. The largest absolute Gasteiger partial charge is 0.441 e. The van der Waals surface area contributed by atoms with Crippen LogP contribution in [0.1, 0.15) is 50.3 Å². The fourth-order valence-corrected chi connectivity index (χ4v) is 5.44. The lowest BCUT2D eigenvalue weighted by Crippen LogP contribution is -2.41. The Morgan fingerprint density at radius 2 is 1.83 bits per heavy atom. The van der Waals surface area contributed by atoms with E-state index in [0.29, 0.717) is 5.95 Å². The van der Waals surface area contributed by atoms with E-state index in [9.17, 15) is 4.79 Å². The minimum Gasteiger partial charge on any atom is -0.441 e. The molecule has 1 saturated heterocycles. The number of cyclic esters (lactones) is 1. The van der Waals surface area contributed by atoms with Crippen LogP contribution < -0.4 is 0 Å². The summed E-state index contributed by atoms with van der Waals surface area (Å²) in [5, 5.41) is 0. The number of carbonyl (C=O) groups excluding carboxylic acids is 1. The van der Waals surface area contributed by atoms with Crippen molar-refractivity contribution in [3.63, 3.8) is 0 Å². The topological polar surface area (TPSA) is 73.1 Å². The molecule has 0 saturated carbocycles. The fraction of sp³-hybridized carbons (Fsp3) is 0.286. The summed E-state index contributed by atoms with van der Waals surface area (Å²) in [4.78, 5) is 28.4. The molecule has 7 heteroatoms. The average molecular weight is 466 g/mol. The summed E-state index contributed by atoms with van der Waals surface area (Å²) in [6.07, 6.45) is 11.9. The van der Waals surface area contributed by atoms with Gasteiger partial charge in [0.15, 0.2) is 0 Å². The summed E-state index contributed by atoms with van der Waals surface area (Å²) < 4.78 is 7.79. The van der Waals surface area contributed by atoms with E-state index in [1.165, 1.54) is 5.57 Å². The van der Waals surface area contributed by atoms with Gasteiger partial charge in [-0.2, -0.15) is 0 Å². The number of ether oxygens (including phenoxy) is 1. The molecule has 2 atom stereocenters. The second-order valence-corrected chi connectivity index (χ2v) is 9.71. The first kappa shape index (κ1) is 21.5. The molecule has 1 aliphatic heterocycles. The maximum Gasteiger partial charge on any atom is 0.411 e. The number of nitrogens with zero attached hydrogens (tertiary/aromatic N) is 5. The maximum absolute atomic E-state index is 13.0. The highest BCUT2D eigenvalue weighted by atomic mass is 16.6. The molecule has 176 valence electrons.